The first-order valence-electron chi connectivity index (χ1n) is 6.03. The molecule has 0 saturated heterocycles. The Morgan fingerprint density at radius 1 is 1.11 bits per heavy atom. The molecule has 0 N–H and O–H groups in total. The highest BCUT2D eigenvalue weighted by atomic mass is 16.5. The zero-order valence-corrected chi connectivity index (χ0v) is 11.3. The molecular weight excluding hydrogens is 240 g/mol. The minimum atomic E-state index is -0.326. The van der Waals surface area contributed by atoms with E-state index in [4.69, 9.17) is 9.47 Å². The molecule has 0 aliphatic heterocycles. The van der Waals surface area contributed by atoms with Crippen molar-refractivity contribution in [2.24, 2.45) is 0 Å². The quantitative estimate of drug-likeness (QED) is 0.621. The predicted octanol–water partition coefficient (Wildman–Crippen LogP) is 3.60. The number of hydrogen-bond acceptors (Lipinski definition) is 3. The van der Waals surface area contributed by atoms with Gasteiger partial charge in [0.15, 0.2) is 0 Å². The molecule has 0 saturated carbocycles. The van der Waals surface area contributed by atoms with Crippen LogP contribution in [-0.4, -0.2) is 13.1 Å². The normalized spacial score (nSPS) is 10.1. The molecule has 0 aliphatic rings. The van der Waals surface area contributed by atoms with Crippen LogP contribution in [0.2, 0.25) is 0 Å². The van der Waals surface area contributed by atoms with Crippen LogP contribution in [0.4, 0.5) is 0 Å². The summed E-state index contributed by atoms with van der Waals surface area (Å²) in [6.45, 7) is 3.40. The van der Waals surface area contributed by atoms with Crippen LogP contribution in [0, 0.1) is 6.92 Å². The maximum Gasteiger partial charge on any atom is 0.308 e. The molecule has 0 atom stereocenters. The molecule has 2 aromatic rings. The van der Waals surface area contributed by atoms with Gasteiger partial charge < -0.3 is 9.47 Å². The van der Waals surface area contributed by atoms with E-state index >= 15 is 0 Å². The van der Waals surface area contributed by atoms with Crippen LogP contribution < -0.4 is 9.47 Å². The van der Waals surface area contributed by atoms with Crippen LogP contribution in [0.1, 0.15) is 12.5 Å². The molecule has 0 unspecified atom stereocenters. The summed E-state index contributed by atoms with van der Waals surface area (Å²) in [5.74, 6) is 1.01. The van der Waals surface area contributed by atoms with Crippen LogP contribution >= 0.6 is 0 Å². The van der Waals surface area contributed by atoms with Crippen molar-refractivity contribution in [3.8, 4) is 22.6 Å². The number of methoxy groups -OCH3 is 1. The Balaban J connectivity index is 2.52. The highest BCUT2D eigenvalue weighted by Crippen LogP contribution is 2.32. The van der Waals surface area contributed by atoms with Gasteiger partial charge in [0.2, 0.25) is 0 Å². The number of hydrogen-bond donors (Lipinski definition) is 0. The lowest BCUT2D eigenvalue weighted by Gasteiger charge is -2.11. The van der Waals surface area contributed by atoms with Crippen molar-refractivity contribution in [3.63, 3.8) is 0 Å². The number of rotatable bonds is 3. The lowest BCUT2D eigenvalue weighted by Crippen LogP contribution is -2.02. The second kappa shape index (κ2) is 5.57. The molecule has 0 fully saturated rings. The first-order valence-corrected chi connectivity index (χ1v) is 6.03. The Kier molecular flexibility index (Phi) is 3.85. The molecule has 2 rings (SSSR count). The van der Waals surface area contributed by atoms with Gasteiger partial charge >= 0.3 is 5.97 Å². The third-order valence-electron chi connectivity index (χ3n) is 2.77. The van der Waals surface area contributed by atoms with E-state index in [9.17, 15) is 4.79 Å². The van der Waals surface area contributed by atoms with E-state index in [1.165, 1.54) is 6.92 Å². The third kappa shape index (κ3) is 3.13. The van der Waals surface area contributed by atoms with E-state index in [1.54, 1.807) is 7.11 Å². The summed E-state index contributed by atoms with van der Waals surface area (Å²) < 4.78 is 10.5. The summed E-state index contributed by atoms with van der Waals surface area (Å²) in [4.78, 5) is 11.2. The van der Waals surface area contributed by atoms with Gasteiger partial charge in [0.05, 0.1) is 7.11 Å². The fourth-order valence-electron chi connectivity index (χ4n) is 1.90. The van der Waals surface area contributed by atoms with Gasteiger partial charge in [0.1, 0.15) is 11.5 Å². The van der Waals surface area contributed by atoms with Crippen molar-refractivity contribution in [2.75, 3.05) is 7.11 Å². The number of benzene rings is 2. The predicted molar refractivity (Wildman–Crippen MR) is 74.5 cm³/mol. The topological polar surface area (TPSA) is 35.5 Å². The molecule has 0 amide bonds. The monoisotopic (exact) mass is 256 g/mol. The van der Waals surface area contributed by atoms with Crippen molar-refractivity contribution in [1.82, 2.24) is 0 Å². The second-order valence-corrected chi connectivity index (χ2v) is 4.33. The molecule has 0 radical (unpaired) electrons. The Bertz CT molecular complexity index is 603. The molecule has 2 aromatic carbocycles. The van der Waals surface area contributed by atoms with Crippen LogP contribution in [-0.2, 0) is 4.79 Å². The van der Waals surface area contributed by atoms with Crippen LogP contribution in [0.3, 0.4) is 0 Å². The first-order chi connectivity index (χ1) is 9.10. The highest BCUT2D eigenvalue weighted by molar-refractivity contribution is 5.77. The summed E-state index contributed by atoms with van der Waals surface area (Å²) in [6, 6.07) is 13.4. The smallest absolute Gasteiger partial charge is 0.308 e. The van der Waals surface area contributed by atoms with Crippen molar-refractivity contribution in [3.05, 3.63) is 48.0 Å². The van der Waals surface area contributed by atoms with E-state index in [0.29, 0.717) is 5.75 Å². The molecule has 3 nitrogen and oxygen atoms in total. The SMILES string of the molecule is COc1cccc(-c2cc(C)ccc2OC(C)=O)c1. The molecule has 0 heterocycles. The van der Waals surface area contributed by atoms with E-state index in [0.717, 1.165) is 22.4 Å². The van der Waals surface area contributed by atoms with Gasteiger partial charge in [-0.15, -0.1) is 0 Å². The van der Waals surface area contributed by atoms with E-state index in [2.05, 4.69) is 0 Å². The van der Waals surface area contributed by atoms with Crippen molar-refractivity contribution in [2.45, 2.75) is 13.8 Å². The Hall–Kier alpha value is -2.29. The molecule has 3 heteroatoms. The molecule has 0 aromatic heterocycles. The van der Waals surface area contributed by atoms with E-state index in [-0.39, 0.29) is 5.97 Å². The maximum absolute atomic E-state index is 11.2. The largest absolute Gasteiger partial charge is 0.497 e. The fourth-order valence-corrected chi connectivity index (χ4v) is 1.90. The average Bonchev–Trinajstić information content (AvgIpc) is 2.40. The standard InChI is InChI=1S/C16H16O3/c1-11-7-8-16(19-12(2)17)15(9-11)13-5-4-6-14(10-13)18-3/h4-10H,1-3H3. The van der Waals surface area contributed by atoms with Crippen molar-refractivity contribution < 1.29 is 14.3 Å². The summed E-state index contributed by atoms with van der Waals surface area (Å²) in [5, 5.41) is 0. The summed E-state index contributed by atoms with van der Waals surface area (Å²) >= 11 is 0. The lowest BCUT2D eigenvalue weighted by atomic mass is 10.0. The van der Waals surface area contributed by atoms with Crippen LogP contribution in [0.25, 0.3) is 11.1 Å². The zero-order chi connectivity index (χ0) is 13.8. The number of carbonyl (C=O) groups is 1. The van der Waals surface area contributed by atoms with E-state index < -0.39 is 0 Å². The Morgan fingerprint density at radius 3 is 2.58 bits per heavy atom. The van der Waals surface area contributed by atoms with Crippen LogP contribution in [0.15, 0.2) is 42.5 Å². The third-order valence-corrected chi connectivity index (χ3v) is 2.77. The van der Waals surface area contributed by atoms with Crippen molar-refractivity contribution >= 4 is 5.97 Å². The van der Waals surface area contributed by atoms with Crippen molar-refractivity contribution in [1.29, 1.82) is 0 Å². The Morgan fingerprint density at radius 2 is 1.89 bits per heavy atom. The summed E-state index contributed by atoms with van der Waals surface area (Å²) in [7, 11) is 1.63. The zero-order valence-electron chi connectivity index (χ0n) is 11.3. The van der Waals surface area contributed by atoms with Gasteiger partial charge in [0.25, 0.3) is 0 Å². The van der Waals surface area contributed by atoms with Gasteiger partial charge in [-0.25, -0.2) is 0 Å². The summed E-state index contributed by atoms with van der Waals surface area (Å²) in [6.07, 6.45) is 0. The number of carbonyl (C=O) groups excluding carboxylic acids is 1. The first kappa shape index (κ1) is 13.1. The summed E-state index contributed by atoms with van der Waals surface area (Å²) in [5.41, 5.74) is 2.95. The molecule has 19 heavy (non-hydrogen) atoms. The maximum atomic E-state index is 11.2. The minimum Gasteiger partial charge on any atom is -0.497 e. The van der Waals surface area contributed by atoms with Crippen LogP contribution in [0.5, 0.6) is 11.5 Å². The van der Waals surface area contributed by atoms with Gasteiger partial charge in [-0.3, -0.25) is 4.79 Å². The number of esters is 1. The van der Waals surface area contributed by atoms with Gasteiger partial charge in [-0.1, -0.05) is 23.8 Å². The lowest BCUT2D eigenvalue weighted by molar-refractivity contribution is -0.131. The van der Waals surface area contributed by atoms with Gasteiger partial charge in [-0.05, 0) is 36.8 Å². The Labute approximate surface area is 112 Å². The molecule has 0 aliphatic carbocycles. The van der Waals surface area contributed by atoms with Gasteiger partial charge in [-0.2, -0.15) is 0 Å². The molecular formula is C16H16O3. The second-order valence-electron chi connectivity index (χ2n) is 4.33. The van der Waals surface area contributed by atoms with E-state index in [1.807, 2.05) is 49.4 Å². The number of aryl methyl sites for hydroxylation is 1. The van der Waals surface area contributed by atoms with Gasteiger partial charge in [0, 0.05) is 12.5 Å². The fraction of sp³-hybridized carbons (Fsp3) is 0.188. The minimum absolute atomic E-state index is 0.326. The molecule has 0 spiro atoms. The molecule has 0 bridgehead atoms. The highest BCUT2D eigenvalue weighted by Gasteiger charge is 2.09. The average molecular weight is 256 g/mol. The number of ether oxygens (including phenoxy) is 2. The molecule has 98 valence electrons.